The lowest BCUT2D eigenvalue weighted by atomic mass is 10.3. The van der Waals surface area contributed by atoms with E-state index in [1.54, 1.807) is 0 Å². The molecule has 0 saturated carbocycles. The largest absolute Gasteiger partial charge is 0.340 e. The number of hydrogen-bond donors (Lipinski definition) is 2. The van der Waals surface area contributed by atoms with Crippen LogP contribution in [-0.2, 0) is 0 Å². The van der Waals surface area contributed by atoms with Gasteiger partial charge in [-0.3, -0.25) is 0 Å². The van der Waals surface area contributed by atoms with Gasteiger partial charge in [0.2, 0.25) is 5.28 Å². The molecule has 0 radical (unpaired) electrons. The van der Waals surface area contributed by atoms with Gasteiger partial charge in [-0.2, -0.15) is 9.97 Å². The number of hydrogen-bond acceptors (Lipinski definition) is 4. The summed E-state index contributed by atoms with van der Waals surface area (Å²) in [5.41, 5.74) is 0.361. The van der Waals surface area contributed by atoms with Crippen LogP contribution in [0.2, 0.25) is 5.28 Å². The van der Waals surface area contributed by atoms with Gasteiger partial charge in [-0.1, -0.05) is 15.9 Å². The molecule has 0 fully saturated rings. The van der Waals surface area contributed by atoms with Crippen LogP contribution in [-0.4, -0.2) is 19.9 Å². The average molecular weight is 361 g/mol. The Labute approximate surface area is 124 Å². The van der Waals surface area contributed by atoms with Crippen molar-refractivity contribution in [3.05, 3.63) is 39.9 Å². The van der Waals surface area contributed by atoms with Crippen molar-refractivity contribution in [3.8, 4) is 0 Å². The second kappa shape index (κ2) is 4.95. The van der Waals surface area contributed by atoms with Crippen molar-refractivity contribution in [1.29, 1.82) is 0 Å². The topological polar surface area (TPSA) is 66.5 Å². The summed E-state index contributed by atoms with van der Waals surface area (Å²) in [6.07, 6.45) is 1.38. The number of benzene rings is 1. The summed E-state index contributed by atoms with van der Waals surface area (Å²) in [4.78, 5) is 14.5. The van der Waals surface area contributed by atoms with Crippen LogP contribution in [0, 0.1) is 11.6 Å². The molecule has 2 N–H and O–H groups in total. The van der Waals surface area contributed by atoms with Crippen molar-refractivity contribution in [2.24, 2.45) is 0 Å². The van der Waals surface area contributed by atoms with E-state index in [2.05, 4.69) is 41.2 Å². The van der Waals surface area contributed by atoms with Crippen LogP contribution < -0.4 is 5.32 Å². The molecule has 2 aromatic heterocycles. The highest BCUT2D eigenvalue weighted by atomic mass is 79.9. The fraction of sp³-hybridized carbons (Fsp3) is 0. The van der Waals surface area contributed by atoms with Gasteiger partial charge in [-0.15, -0.1) is 0 Å². The molecule has 20 heavy (non-hydrogen) atoms. The third-order valence-corrected chi connectivity index (χ3v) is 3.14. The molecule has 0 spiro atoms. The van der Waals surface area contributed by atoms with Crippen LogP contribution in [0.3, 0.4) is 0 Å². The first kappa shape index (κ1) is 13.2. The lowest BCUT2D eigenvalue weighted by Crippen LogP contribution is -2.01. The number of nitrogens with one attached hydrogen (secondary N) is 2. The Morgan fingerprint density at radius 2 is 1.90 bits per heavy atom. The van der Waals surface area contributed by atoms with Crippen LogP contribution >= 0.6 is 27.5 Å². The number of anilines is 2. The van der Waals surface area contributed by atoms with E-state index in [9.17, 15) is 8.78 Å². The summed E-state index contributed by atoms with van der Waals surface area (Å²) >= 11 is 8.75. The molecular weight excluding hydrogens is 356 g/mol. The highest BCUT2D eigenvalue weighted by molar-refractivity contribution is 9.10. The number of imidazole rings is 1. The third kappa shape index (κ3) is 2.32. The van der Waals surface area contributed by atoms with E-state index in [-0.39, 0.29) is 16.8 Å². The van der Waals surface area contributed by atoms with Crippen molar-refractivity contribution >= 4 is 50.2 Å². The van der Waals surface area contributed by atoms with E-state index in [0.29, 0.717) is 15.6 Å². The third-order valence-electron chi connectivity index (χ3n) is 2.51. The molecule has 0 amide bonds. The number of aromatic amines is 1. The lowest BCUT2D eigenvalue weighted by Gasteiger charge is -2.09. The Bertz CT molecular complexity index is 784. The van der Waals surface area contributed by atoms with Crippen LogP contribution in [0.25, 0.3) is 11.2 Å². The molecule has 2 heterocycles. The molecule has 0 aliphatic rings. The van der Waals surface area contributed by atoms with Gasteiger partial charge in [-0.25, -0.2) is 13.8 Å². The summed E-state index contributed by atoms with van der Waals surface area (Å²) in [6.45, 7) is 0. The van der Waals surface area contributed by atoms with Crippen molar-refractivity contribution in [1.82, 2.24) is 19.9 Å². The van der Waals surface area contributed by atoms with Gasteiger partial charge in [0.1, 0.15) is 11.2 Å². The zero-order chi connectivity index (χ0) is 14.3. The maximum absolute atomic E-state index is 13.8. The lowest BCUT2D eigenvalue weighted by molar-refractivity contribution is 0.589. The molecular formula is C11H5BrClF2N5. The van der Waals surface area contributed by atoms with E-state index in [0.717, 1.165) is 12.1 Å². The summed E-state index contributed by atoms with van der Waals surface area (Å²) in [6, 6.07) is 2.27. The molecule has 9 heteroatoms. The molecule has 5 nitrogen and oxygen atoms in total. The second-order valence-electron chi connectivity index (χ2n) is 3.81. The molecule has 0 atom stereocenters. The van der Waals surface area contributed by atoms with Crippen LogP contribution in [0.15, 0.2) is 22.9 Å². The smallest absolute Gasteiger partial charge is 0.226 e. The SMILES string of the molecule is Fc1cc(Br)cc(F)c1Nc1nc(Cl)nc2nc[nH]c12. The number of fused-ring (bicyclic) bond motifs is 1. The minimum Gasteiger partial charge on any atom is -0.340 e. The van der Waals surface area contributed by atoms with Crippen molar-refractivity contribution in [2.45, 2.75) is 0 Å². The Morgan fingerprint density at radius 3 is 2.60 bits per heavy atom. The van der Waals surface area contributed by atoms with Crippen LogP contribution in [0.5, 0.6) is 0 Å². The molecule has 0 aliphatic heterocycles. The molecule has 0 saturated heterocycles. The average Bonchev–Trinajstić information content (AvgIpc) is 2.81. The zero-order valence-corrected chi connectivity index (χ0v) is 11.9. The van der Waals surface area contributed by atoms with Crippen molar-refractivity contribution in [2.75, 3.05) is 5.32 Å². The molecule has 0 bridgehead atoms. The maximum atomic E-state index is 13.8. The Hall–Kier alpha value is -1.80. The monoisotopic (exact) mass is 359 g/mol. The summed E-state index contributed by atoms with van der Waals surface area (Å²) < 4.78 is 27.9. The van der Waals surface area contributed by atoms with Crippen LogP contribution in [0.1, 0.15) is 0 Å². The van der Waals surface area contributed by atoms with E-state index >= 15 is 0 Å². The van der Waals surface area contributed by atoms with Gasteiger partial charge in [0.05, 0.1) is 6.33 Å². The zero-order valence-electron chi connectivity index (χ0n) is 9.59. The number of H-pyrrole nitrogens is 1. The first-order valence-corrected chi connectivity index (χ1v) is 6.50. The minimum absolute atomic E-state index is 0.0787. The number of rotatable bonds is 2. The molecule has 102 valence electrons. The van der Waals surface area contributed by atoms with Crippen molar-refractivity contribution < 1.29 is 8.78 Å². The van der Waals surface area contributed by atoms with E-state index < -0.39 is 11.6 Å². The van der Waals surface area contributed by atoms with E-state index in [1.807, 2.05) is 0 Å². The Balaban J connectivity index is 2.12. The predicted molar refractivity (Wildman–Crippen MR) is 74.0 cm³/mol. The second-order valence-corrected chi connectivity index (χ2v) is 5.07. The minimum atomic E-state index is -0.765. The Morgan fingerprint density at radius 1 is 1.20 bits per heavy atom. The fourth-order valence-corrected chi connectivity index (χ4v) is 2.24. The van der Waals surface area contributed by atoms with Gasteiger partial charge in [0.15, 0.2) is 23.1 Å². The number of aromatic nitrogens is 4. The quantitative estimate of drug-likeness (QED) is 0.682. The van der Waals surface area contributed by atoms with Crippen LogP contribution in [0.4, 0.5) is 20.3 Å². The van der Waals surface area contributed by atoms with E-state index in [4.69, 9.17) is 11.6 Å². The summed E-state index contributed by atoms with van der Waals surface area (Å²) in [5, 5.41) is 2.48. The number of nitrogens with zero attached hydrogens (tertiary/aromatic N) is 3. The first-order valence-electron chi connectivity index (χ1n) is 5.33. The van der Waals surface area contributed by atoms with Crippen molar-refractivity contribution in [3.63, 3.8) is 0 Å². The molecule has 3 aromatic rings. The number of halogens is 4. The maximum Gasteiger partial charge on any atom is 0.226 e. The highest BCUT2D eigenvalue weighted by Crippen LogP contribution is 2.28. The molecule has 0 unspecified atom stereocenters. The molecule has 3 rings (SSSR count). The first-order chi connectivity index (χ1) is 9.54. The fourth-order valence-electron chi connectivity index (χ4n) is 1.68. The molecule has 0 aliphatic carbocycles. The summed E-state index contributed by atoms with van der Waals surface area (Å²) in [7, 11) is 0. The standard InChI is InChI=1S/C11H5BrClF2N5/c12-4-1-5(14)7(6(15)2-4)18-10-8-9(17-3-16-8)19-11(13)20-10/h1-3H,(H2,16,17,18,19,20). The van der Waals surface area contributed by atoms with E-state index in [1.165, 1.54) is 6.33 Å². The Kier molecular flexibility index (Phi) is 3.27. The highest BCUT2D eigenvalue weighted by Gasteiger charge is 2.15. The molecule has 1 aromatic carbocycles. The van der Waals surface area contributed by atoms with Gasteiger partial charge in [-0.05, 0) is 23.7 Å². The van der Waals surface area contributed by atoms with Gasteiger partial charge < -0.3 is 10.3 Å². The van der Waals surface area contributed by atoms with Gasteiger partial charge >= 0.3 is 0 Å². The predicted octanol–water partition coefficient (Wildman–Crippen LogP) is 3.79. The van der Waals surface area contributed by atoms with Gasteiger partial charge in [0.25, 0.3) is 0 Å². The summed E-state index contributed by atoms with van der Waals surface area (Å²) in [5.74, 6) is -1.39. The van der Waals surface area contributed by atoms with Gasteiger partial charge in [0, 0.05) is 4.47 Å². The normalized spacial score (nSPS) is 11.0.